The number of para-hydroxylation sites is 3. The van der Waals surface area contributed by atoms with Gasteiger partial charge in [-0.25, -0.2) is 9.97 Å². The molecule has 202 valence electrons. The zero-order valence-electron chi connectivity index (χ0n) is 23.5. The highest BCUT2D eigenvalue weighted by Gasteiger charge is 2.26. The SMILES string of the molecule is c1ccc(-c2nc3ccccc3nc2-n2c3ccc4ccc5cccc6c5c4c3c3c2ccc2c4ccccc4n6c23)cc1. The van der Waals surface area contributed by atoms with Gasteiger partial charge in [0.15, 0.2) is 5.82 Å². The third-order valence-corrected chi connectivity index (χ3v) is 9.58. The van der Waals surface area contributed by atoms with Gasteiger partial charge in [-0.15, -0.1) is 0 Å². The highest BCUT2D eigenvalue weighted by molar-refractivity contribution is 6.37. The summed E-state index contributed by atoms with van der Waals surface area (Å²) in [4.78, 5) is 10.6. The van der Waals surface area contributed by atoms with Gasteiger partial charge in [-0.2, -0.15) is 0 Å². The quantitative estimate of drug-likeness (QED) is 0.198. The average Bonchev–Trinajstić information content (AvgIpc) is 3.55. The van der Waals surface area contributed by atoms with Crippen molar-refractivity contribution in [1.82, 2.24) is 18.9 Å². The number of nitrogens with zero attached hydrogens (tertiary/aromatic N) is 4. The molecule has 0 saturated heterocycles. The lowest BCUT2D eigenvalue weighted by atomic mass is 9.97. The molecule has 7 aromatic carbocycles. The van der Waals surface area contributed by atoms with Gasteiger partial charge in [0.05, 0.1) is 38.6 Å². The fourth-order valence-corrected chi connectivity index (χ4v) is 7.81. The van der Waals surface area contributed by atoms with Gasteiger partial charge in [-0.3, -0.25) is 4.57 Å². The van der Waals surface area contributed by atoms with E-state index in [1.807, 2.05) is 18.2 Å². The predicted octanol–water partition coefficient (Wildman–Crippen LogP) is 10.1. The summed E-state index contributed by atoms with van der Waals surface area (Å²) in [6.07, 6.45) is 0. The standard InChI is InChI=1S/C40H22N4/c1-2-9-25(10-3-1)38-40(42-29-14-6-5-13-28(29)41-38)44-32-21-19-24-18-17-23-11-8-16-31-34(23)35(24)36(32)37-33(44)22-20-27-26-12-4-7-15-30(26)43(31)39(27)37/h1-22H. The fourth-order valence-electron chi connectivity index (χ4n) is 7.81. The molecule has 0 spiro atoms. The molecule has 0 amide bonds. The van der Waals surface area contributed by atoms with E-state index in [2.05, 4.69) is 124 Å². The molecular formula is C40H22N4. The van der Waals surface area contributed by atoms with Crippen LogP contribution in [0.3, 0.4) is 0 Å². The molecule has 11 aromatic rings. The minimum absolute atomic E-state index is 0.845. The van der Waals surface area contributed by atoms with Crippen molar-refractivity contribution in [1.29, 1.82) is 0 Å². The summed E-state index contributed by atoms with van der Waals surface area (Å²) < 4.78 is 4.86. The lowest BCUT2D eigenvalue weighted by molar-refractivity contribution is 1.08. The van der Waals surface area contributed by atoms with Crippen LogP contribution in [0.1, 0.15) is 0 Å². The Balaban J connectivity index is 1.46. The van der Waals surface area contributed by atoms with Gasteiger partial charge < -0.3 is 4.40 Å². The summed E-state index contributed by atoms with van der Waals surface area (Å²) in [7, 11) is 0. The molecule has 0 aliphatic carbocycles. The van der Waals surface area contributed by atoms with E-state index in [-0.39, 0.29) is 0 Å². The lowest BCUT2D eigenvalue weighted by Crippen LogP contribution is -2.03. The second-order valence-corrected chi connectivity index (χ2v) is 11.8. The predicted molar refractivity (Wildman–Crippen MR) is 183 cm³/mol. The highest BCUT2D eigenvalue weighted by atomic mass is 15.1. The third kappa shape index (κ3) is 2.65. The Kier molecular flexibility index (Phi) is 4.04. The van der Waals surface area contributed by atoms with E-state index in [0.717, 1.165) is 39.1 Å². The highest BCUT2D eigenvalue weighted by Crippen LogP contribution is 2.48. The van der Waals surface area contributed by atoms with E-state index in [0.29, 0.717) is 0 Å². The summed E-state index contributed by atoms with van der Waals surface area (Å²) in [5.41, 5.74) is 9.68. The van der Waals surface area contributed by atoms with Crippen LogP contribution >= 0.6 is 0 Å². The molecule has 4 nitrogen and oxygen atoms in total. The normalized spacial score (nSPS) is 12.5. The Morgan fingerprint density at radius 1 is 0.409 bits per heavy atom. The zero-order chi connectivity index (χ0) is 28.5. The van der Waals surface area contributed by atoms with Crippen molar-refractivity contribution in [3.63, 3.8) is 0 Å². The molecular weight excluding hydrogens is 536 g/mol. The van der Waals surface area contributed by atoms with Gasteiger partial charge >= 0.3 is 0 Å². The molecule has 0 atom stereocenters. The van der Waals surface area contributed by atoms with E-state index >= 15 is 0 Å². The van der Waals surface area contributed by atoms with Crippen LogP contribution in [0.15, 0.2) is 133 Å². The molecule has 0 unspecified atom stereocenters. The summed E-state index contributed by atoms with van der Waals surface area (Å²) in [5.74, 6) is 0.845. The van der Waals surface area contributed by atoms with Crippen LogP contribution in [0, 0.1) is 0 Å². The Morgan fingerprint density at radius 3 is 1.98 bits per heavy atom. The number of fused-ring (bicyclic) bond motifs is 5. The van der Waals surface area contributed by atoms with Gasteiger partial charge in [0.25, 0.3) is 0 Å². The van der Waals surface area contributed by atoms with Crippen molar-refractivity contribution in [3.05, 3.63) is 133 Å². The largest absolute Gasteiger partial charge is 0.308 e. The Hall–Kier alpha value is -6.00. The first-order valence-electron chi connectivity index (χ1n) is 15.0. The van der Waals surface area contributed by atoms with Crippen LogP contribution in [-0.4, -0.2) is 18.9 Å². The topological polar surface area (TPSA) is 35.1 Å². The van der Waals surface area contributed by atoms with Crippen LogP contribution in [0.5, 0.6) is 0 Å². The first kappa shape index (κ1) is 22.6. The number of hydrogen-bond acceptors (Lipinski definition) is 2. The molecule has 4 aromatic heterocycles. The molecule has 0 bridgehead atoms. The lowest BCUT2D eigenvalue weighted by Gasteiger charge is -2.14. The van der Waals surface area contributed by atoms with Crippen molar-refractivity contribution in [2.24, 2.45) is 0 Å². The van der Waals surface area contributed by atoms with Gasteiger partial charge in [-0.05, 0) is 47.2 Å². The zero-order valence-corrected chi connectivity index (χ0v) is 23.5. The number of rotatable bonds is 2. The van der Waals surface area contributed by atoms with Gasteiger partial charge in [-0.1, -0.05) is 97.1 Å². The smallest absolute Gasteiger partial charge is 0.165 e. The molecule has 0 radical (unpaired) electrons. The molecule has 0 saturated carbocycles. The second kappa shape index (κ2) is 7.88. The van der Waals surface area contributed by atoms with Crippen LogP contribution in [-0.2, 0) is 0 Å². The Labute approximate surface area is 250 Å². The van der Waals surface area contributed by atoms with Crippen molar-refractivity contribution in [2.45, 2.75) is 0 Å². The fraction of sp³-hybridized carbons (Fsp3) is 0. The van der Waals surface area contributed by atoms with E-state index in [1.165, 1.54) is 59.6 Å². The van der Waals surface area contributed by atoms with Crippen LogP contribution in [0.2, 0.25) is 0 Å². The molecule has 0 aliphatic rings. The molecule has 0 N–H and O–H groups in total. The summed E-state index contributed by atoms with van der Waals surface area (Å²) in [6.45, 7) is 0. The molecule has 0 fully saturated rings. The maximum Gasteiger partial charge on any atom is 0.165 e. The van der Waals surface area contributed by atoms with E-state index in [9.17, 15) is 0 Å². The number of aromatic nitrogens is 4. The maximum absolute atomic E-state index is 5.37. The van der Waals surface area contributed by atoms with E-state index in [4.69, 9.17) is 9.97 Å². The summed E-state index contributed by atoms with van der Waals surface area (Å²) in [5, 5.41) is 10.2. The summed E-state index contributed by atoms with van der Waals surface area (Å²) in [6, 6.07) is 47.8. The third-order valence-electron chi connectivity index (χ3n) is 9.58. The molecule has 4 heteroatoms. The maximum atomic E-state index is 5.37. The van der Waals surface area contributed by atoms with Gasteiger partial charge in [0.1, 0.15) is 5.69 Å². The number of benzene rings is 7. The first-order chi connectivity index (χ1) is 21.8. The van der Waals surface area contributed by atoms with Crippen molar-refractivity contribution in [3.8, 4) is 17.1 Å². The number of hydrogen-bond donors (Lipinski definition) is 0. The van der Waals surface area contributed by atoms with Crippen LogP contribution in [0.25, 0.3) is 98.8 Å². The van der Waals surface area contributed by atoms with E-state index in [1.54, 1.807) is 0 Å². The van der Waals surface area contributed by atoms with E-state index < -0.39 is 0 Å². The van der Waals surface area contributed by atoms with Gasteiger partial charge in [0.2, 0.25) is 0 Å². The monoisotopic (exact) mass is 558 g/mol. The molecule has 11 rings (SSSR count). The van der Waals surface area contributed by atoms with Crippen molar-refractivity contribution < 1.29 is 0 Å². The second-order valence-electron chi connectivity index (χ2n) is 11.8. The molecule has 0 aliphatic heterocycles. The van der Waals surface area contributed by atoms with Crippen LogP contribution < -0.4 is 0 Å². The van der Waals surface area contributed by atoms with Crippen molar-refractivity contribution >= 4 is 81.7 Å². The van der Waals surface area contributed by atoms with Crippen LogP contribution in [0.4, 0.5) is 0 Å². The molecule has 44 heavy (non-hydrogen) atoms. The first-order valence-corrected chi connectivity index (χ1v) is 15.0. The Morgan fingerprint density at radius 2 is 1.09 bits per heavy atom. The van der Waals surface area contributed by atoms with Crippen molar-refractivity contribution in [2.75, 3.05) is 0 Å². The minimum atomic E-state index is 0.845. The molecule has 4 heterocycles. The Bertz CT molecular complexity index is 2930. The average molecular weight is 559 g/mol. The van der Waals surface area contributed by atoms with Gasteiger partial charge in [0, 0.05) is 37.9 Å². The summed E-state index contributed by atoms with van der Waals surface area (Å²) >= 11 is 0. The minimum Gasteiger partial charge on any atom is -0.308 e.